The van der Waals surface area contributed by atoms with Gasteiger partial charge in [0.15, 0.2) is 0 Å². The topological polar surface area (TPSA) is 58.2 Å². The van der Waals surface area contributed by atoms with Crippen molar-refractivity contribution < 1.29 is 18.4 Å². The molecule has 0 bridgehead atoms. The predicted molar refractivity (Wildman–Crippen MR) is 90.0 cm³/mol. The summed E-state index contributed by atoms with van der Waals surface area (Å²) in [4.78, 5) is 24.8. The third-order valence-corrected chi connectivity index (χ3v) is 4.56. The van der Waals surface area contributed by atoms with E-state index in [9.17, 15) is 18.4 Å². The first-order chi connectivity index (χ1) is 11.9. The molecule has 0 atom stereocenters. The van der Waals surface area contributed by atoms with Gasteiger partial charge in [0.2, 0.25) is 11.8 Å². The number of rotatable bonds is 5. The van der Waals surface area contributed by atoms with Gasteiger partial charge in [-0.25, -0.2) is 8.78 Å². The second-order valence-corrected chi connectivity index (χ2v) is 6.34. The molecule has 0 heterocycles. The van der Waals surface area contributed by atoms with Crippen LogP contribution in [0.15, 0.2) is 42.5 Å². The molecule has 0 unspecified atom stereocenters. The lowest BCUT2D eigenvalue weighted by molar-refractivity contribution is -0.134. The molecule has 0 spiro atoms. The van der Waals surface area contributed by atoms with Gasteiger partial charge in [-0.3, -0.25) is 9.59 Å². The van der Waals surface area contributed by atoms with Crippen molar-refractivity contribution in [3.8, 4) is 0 Å². The van der Waals surface area contributed by atoms with Crippen LogP contribution in [-0.4, -0.2) is 11.8 Å². The molecule has 1 saturated carbocycles. The summed E-state index contributed by atoms with van der Waals surface area (Å²) >= 11 is 6.03. The maximum absolute atomic E-state index is 13.7. The minimum atomic E-state index is -1.22. The molecule has 2 aromatic carbocycles. The summed E-state index contributed by atoms with van der Waals surface area (Å²) in [7, 11) is 0. The number of anilines is 1. The third kappa shape index (κ3) is 3.64. The minimum Gasteiger partial charge on any atom is -0.351 e. The molecule has 130 valence electrons. The fourth-order valence-electron chi connectivity index (χ4n) is 2.50. The van der Waals surface area contributed by atoms with Crippen molar-refractivity contribution in [2.24, 2.45) is 5.41 Å². The summed E-state index contributed by atoms with van der Waals surface area (Å²) in [5, 5.41) is 5.58. The summed E-state index contributed by atoms with van der Waals surface area (Å²) in [5.74, 6) is -2.67. The molecular formula is C18H15ClF2N2O2. The SMILES string of the molecule is O=C(NCc1ccccc1Cl)C1(C(=O)Nc2ccc(F)cc2F)CC1. The molecule has 0 saturated heterocycles. The largest absolute Gasteiger partial charge is 0.351 e. The summed E-state index contributed by atoms with van der Waals surface area (Å²) in [6.07, 6.45) is 0.742. The van der Waals surface area contributed by atoms with Crippen molar-refractivity contribution in [3.05, 3.63) is 64.7 Å². The first kappa shape index (κ1) is 17.4. The Balaban J connectivity index is 1.65. The van der Waals surface area contributed by atoms with Crippen LogP contribution in [0.3, 0.4) is 0 Å². The molecule has 1 aliphatic carbocycles. The van der Waals surface area contributed by atoms with Gasteiger partial charge in [0.25, 0.3) is 0 Å². The van der Waals surface area contributed by atoms with E-state index in [4.69, 9.17) is 11.6 Å². The molecule has 1 fully saturated rings. The highest BCUT2D eigenvalue weighted by Gasteiger charge is 2.56. The van der Waals surface area contributed by atoms with Crippen molar-refractivity contribution in [2.75, 3.05) is 5.32 Å². The van der Waals surface area contributed by atoms with Gasteiger partial charge in [-0.05, 0) is 36.6 Å². The molecule has 3 rings (SSSR count). The number of carbonyl (C=O) groups is 2. The average Bonchev–Trinajstić information content (AvgIpc) is 3.38. The number of hydrogen-bond donors (Lipinski definition) is 2. The van der Waals surface area contributed by atoms with E-state index in [1.54, 1.807) is 24.3 Å². The zero-order valence-electron chi connectivity index (χ0n) is 13.1. The van der Waals surface area contributed by atoms with Gasteiger partial charge in [-0.2, -0.15) is 0 Å². The third-order valence-electron chi connectivity index (χ3n) is 4.20. The zero-order chi connectivity index (χ0) is 18.0. The molecule has 1 aliphatic rings. The number of nitrogens with one attached hydrogen (secondary N) is 2. The highest BCUT2D eigenvalue weighted by atomic mass is 35.5. The van der Waals surface area contributed by atoms with Gasteiger partial charge in [-0.15, -0.1) is 0 Å². The van der Waals surface area contributed by atoms with Gasteiger partial charge in [-0.1, -0.05) is 29.8 Å². The fourth-order valence-corrected chi connectivity index (χ4v) is 2.70. The van der Waals surface area contributed by atoms with Crippen molar-refractivity contribution in [1.82, 2.24) is 5.32 Å². The molecular weight excluding hydrogens is 350 g/mol. The Labute approximate surface area is 148 Å². The van der Waals surface area contributed by atoms with E-state index in [0.717, 1.165) is 17.7 Å². The minimum absolute atomic E-state index is 0.156. The first-order valence-electron chi connectivity index (χ1n) is 7.70. The number of carbonyl (C=O) groups excluding carboxylic acids is 2. The summed E-state index contributed by atoms with van der Waals surface area (Å²) in [5.41, 5.74) is -0.642. The van der Waals surface area contributed by atoms with Crippen LogP contribution in [0.4, 0.5) is 14.5 Å². The fraction of sp³-hybridized carbons (Fsp3) is 0.222. The molecule has 2 amide bonds. The van der Waals surface area contributed by atoms with E-state index in [2.05, 4.69) is 10.6 Å². The Kier molecular flexibility index (Phi) is 4.72. The highest BCUT2D eigenvalue weighted by Crippen LogP contribution is 2.47. The van der Waals surface area contributed by atoms with Crippen LogP contribution in [0.25, 0.3) is 0 Å². The monoisotopic (exact) mass is 364 g/mol. The van der Waals surface area contributed by atoms with Crippen molar-refractivity contribution >= 4 is 29.1 Å². The molecule has 4 nitrogen and oxygen atoms in total. The quantitative estimate of drug-likeness (QED) is 0.795. The second-order valence-electron chi connectivity index (χ2n) is 5.93. The van der Waals surface area contributed by atoms with Gasteiger partial charge >= 0.3 is 0 Å². The molecule has 25 heavy (non-hydrogen) atoms. The van der Waals surface area contributed by atoms with Gasteiger partial charge in [0.1, 0.15) is 17.0 Å². The summed E-state index contributed by atoms with van der Waals surface area (Å²) in [6.45, 7) is 0.193. The van der Waals surface area contributed by atoms with E-state index >= 15 is 0 Å². The Hall–Kier alpha value is -2.47. The van der Waals surface area contributed by atoms with E-state index < -0.39 is 28.9 Å². The Morgan fingerprint density at radius 2 is 1.80 bits per heavy atom. The molecule has 7 heteroatoms. The van der Waals surface area contributed by atoms with Crippen LogP contribution >= 0.6 is 11.6 Å². The highest BCUT2D eigenvalue weighted by molar-refractivity contribution is 6.31. The number of benzene rings is 2. The van der Waals surface area contributed by atoms with Crippen LogP contribution in [0, 0.1) is 17.0 Å². The van der Waals surface area contributed by atoms with Gasteiger partial charge in [0.05, 0.1) is 5.69 Å². The Morgan fingerprint density at radius 3 is 2.44 bits per heavy atom. The number of hydrogen-bond acceptors (Lipinski definition) is 2. The smallest absolute Gasteiger partial charge is 0.240 e. The average molecular weight is 365 g/mol. The van der Waals surface area contributed by atoms with Crippen molar-refractivity contribution in [2.45, 2.75) is 19.4 Å². The predicted octanol–water partition coefficient (Wildman–Crippen LogP) is 3.65. The number of amides is 2. The van der Waals surface area contributed by atoms with Crippen LogP contribution in [-0.2, 0) is 16.1 Å². The van der Waals surface area contributed by atoms with E-state index in [1.807, 2.05) is 0 Å². The summed E-state index contributed by atoms with van der Waals surface area (Å²) < 4.78 is 26.6. The second kappa shape index (κ2) is 6.80. The molecule has 2 aromatic rings. The Bertz CT molecular complexity index is 838. The maximum Gasteiger partial charge on any atom is 0.240 e. The van der Waals surface area contributed by atoms with Gasteiger partial charge in [0, 0.05) is 17.6 Å². The zero-order valence-corrected chi connectivity index (χ0v) is 13.9. The molecule has 0 aliphatic heterocycles. The van der Waals surface area contributed by atoms with Crippen LogP contribution in [0.5, 0.6) is 0 Å². The molecule has 2 N–H and O–H groups in total. The normalized spacial score (nSPS) is 14.7. The lowest BCUT2D eigenvalue weighted by atomic mass is 10.0. The summed E-state index contributed by atoms with van der Waals surface area (Å²) in [6, 6.07) is 9.89. The van der Waals surface area contributed by atoms with Crippen molar-refractivity contribution in [3.63, 3.8) is 0 Å². The van der Waals surface area contributed by atoms with Gasteiger partial charge < -0.3 is 10.6 Å². The van der Waals surface area contributed by atoms with E-state index in [-0.39, 0.29) is 12.2 Å². The van der Waals surface area contributed by atoms with Crippen LogP contribution in [0.1, 0.15) is 18.4 Å². The standard InChI is InChI=1S/C18H15ClF2N2O2/c19-13-4-2-1-3-11(13)10-22-16(24)18(7-8-18)17(25)23-15-6-5-12(20)9-14(15)21/h1-6,9H,7-8,10H2,(H,22,24)(H,23,25). The van der Waals surface area contributed by atoms with E-state index in [0.29, 0.717) is 23.9 Å². The number of halogens is 3. The maximum atomic E-state index is 13.7. The van der Waals surface area contributed by atoms with Crippen LogP contribution < -0.4 is 10.6 Å². The van der Waals surface area contributed by atoms with E-state index in [1.165, 1.54) is 0 Å². The van der Waals surface area contributed by atoms with Crippen LogP contribution in [0.2, 0.25) is 5.02 Å². The lowest BCUT2D eigenvalue weighted by Gasteiger charge is -2.16. The van der Waals surface area contributed by atoms with Crippen molar-refractivity contribution in [1.29, 1.82) is 0 Å². The lowest BCUT2D eigenvalue weighted by Crippen LogP contribution is -2.39. The Morgan fingerprint density at radius 1 is 1.08 bits per heavy atom. The molecule has 0 aromatic heterocycles. The first-order valence-corrected chi connectivity index (χ1v) is 8.08. The molecule has 0 radical (unpaired) electrons.